The minimum absolute atomic E-state index is 0.110. The molecule has 0 fully saturated rings. The molecule has 1 aromatic carbocycles. The molecular formula is C40H70O5. The summed E-state index contributed by atoms with van der Waals surface area (Å²) < 4.78 is 16.9. The van der Waals surface area contributed by atoms with Gasteiger partial charge in [-0.05, 0) is 37.0 Å². The van der Waals surface area contributed by atoms with Crippen LogP contribution < -0.4 is 4.74 Å². The van der Waals surface area contributed by atoms with E-state index in [1.54, 1.807) is 0 Å². The quantitative estimate of drug-likeness (QED) is 0.0606. The average Bonchev–Trinajstić information content (AvgIpc) is 3.06. The number of unbranched alkanes of at least 4 members (excludes halogenated alkanes) is 22. The van der Waals surface area contributed by atoms with E-state index in [9.17, 15) is 9.90 Å². The average molecular weight is 631 g/mol. The lowest BCUT2D eigenvalue weighted by Gasteiger charge is -2.15. The number of esters is 1. The molecule has 5 heteroatoms. The second kappa shape index (κ2) is 32.1. The van der Waals surface area contributed by atoms with E-state index in [2.05, 4.69) is 13.5 Å². The number of carbonyl (C=O) groups excluding carboxylic acids is 1. The number of aliphatic hydroxyl groups is 1. The fourth-order valence-corrected chi connectivity index (χ4v) is 5.63. The molecule has 1 rings (SSSR count). The van der Waals surface area contributed by atoms with Crippen molar-refractivity contribution in [2.24, 2.45) is 0 Å². The van der Waals surface area contributed by atoms with E-state index >= 15 is 0 Å². The summed E-state index contributed by atoms with van der Waals surface area (Å²) in [5.74, 6) is 0.739. The third-order valence-corrected chi connectivity index (χ3v) is 8.65. The van der Waals surface area contributed by atoms with E-state index < -0.39 is 6.10 Å². The van der Waals surface area contributed by atoms with Crippen molar-refractivity contribution in [1.29, 1.82) is 0 Å². The van der Waals surface area contributed by atoms with Gasteiger partial charge in [-0.3, -0.25) is 4.79 Å². The standard InChI is InChI=1S/C40H70O5/c1-3-5-6-7-8-9-10-11-12-13-14-15-17-20-24-27-34-44-39(35-41)36-45-40(42)28-25-22-19-16-18-21-23-26-33-43-38-31-29-37(4-2)30-32-38/h4,29-32,39,41H,2-3,5-28,33-36H2,1H3. The van der Waals surface area contributed by atoms with Gasteiger partial charge in [-0.2, -0.15) is 0 Å². The Morgan fingerprint density at radius 1 is 0.667 bits per heavy atom. The van der Waals surface area contributed by atoms with Gasteiger partial charge in [-0.1, -0.05) is 167 Å². The summed E-state index contributed by atoms with van der Waals surface area (Å²) in [6.07, 6.45) is 32.4. The first-order valence-electron chi connectivity index (χ1n) is 18.9. The van der Waals surface area contributed by atoms with E-state index in [1.165, 1.54) is 116 Å². The maximum Gasteiger partial charge on any atom is 0.305 e. The van der Waals surface area contributed by atoms with Crippen molar-refractivity contribution in [3.8, 4) is 5.75 Å². The van der Waals surface area contributed by atoms with Crippen molar-refractivity contribution in [2.75, 3.05) is 26.4 Å². The third-order valence-electron chi connectivity index (χ3n) is 8.65. The molecule has 0 spiro atoms. The molecule has 0 aromatic heterocycles. The van der Waals surface area contributed by atoms with Gasteiger partial charge in [0.05, 0.1) is 13.2 Å². The maximum absolute atomic E-state index is 12.1. The minimum Gasteiger partial charge on any atom is -0.494 e. The van der Waals surface area contributed by atoms with Gasteiger partial charge < -0.3 is 19.3 Å². The zero-order chi connectivity index (χ0) is 32.5. The molecule has 1 atom stereocenters. The Morgan fingerprint density at radius 2 is 1.11 bits per heavy atom. The molecule has 1 unspecified atom stereocenters. The van der Waals surface area contributed by atoms with Gasteiger partial charge in [0.15, 0.2) is 0 Å². The Bertz CT molecular complexity index is 777. The van der Waals surface area contributed by atoms with Crippen LogP contribution in [0.5, 0.6) is 5.75 Å². The molecule has 0 aliphatic rings. The lowest BCUT2D eigenvalue weighted by atomic mass is 10.0. The number of rotatable bonds is 34. The minimum atomic E-state index is -0.409. The van der Waals surface area contributed by atoms with Gasteiger partial charge in [0.1, 0.15) is 18.5 Å². The first kappa shape index (κ1) is 41.2. The SMILES string of the molecule is C=Cc1ccc(OCCCCCCCCCCC(=O)OCC(CO)OCCCCCCCCCCCCCCCCCC)cc1. The number of hydrogen-bond acceptors (Lipinski definition) is 5. The maximum atomic E-state index is 12.1. The summed E-state index contributed by atoms with van der Waals surface area (Å²) in [7, 11) is 0. The lowest BCUT2D eigenvalue weighted by Crippen LogP contribution is -2.26. The molecule has 0 bridgehead atoms. The van der Waals surface area contributed by atoms with Crippen molar-refractivity contribution >= 4 is 12.0 Å². The summed E-state index contributed by atoms with van der Waals surface area (Å²) in [6, 6.07) is 8.03. The topological polar surface area (TPSA) is 65.0 Å². The summed E-state index contributed by atoms with van der Waals surface area (Å²) in [4.78, 5) is 12.1. The van der Waals surface area contributed by atoms with Gasteiger partial charge in [0.2, 0.25) is 0 Å². The van der Waals surface area contributed by atoms with E-state index in [4.69, 9.17) is 14.2 Å². The van der Waals surface area contributed by atoms with Crippen LogP contribution in [0, 0.1) is 0 Å². The van der Waals surface area contributed by atoms with Gasteiger partial charge >= 0.3 is 5.97 Å². The first-order valence-corrected chi connectivity index (χ1v) is 18.9. The predicted octanol–water partition coefficient (Wildman–Crippen LogP) is 11.4. The van der Waals surface area contributed by atoms with E-state index in [0.29, 0.717) is 13.0 Å². The molecule has 0 aliphatic heterocycles. The van der Waals surface area contributed by atoms with Gasteiger partial charge in [0.25, 0.3) is 0 Å². The monoisotopic (exact) mass is 631 g/mol. The molecule has 45 heavy (non-hydrogen) atoms. The van der Waals surface area contributed by atoms with Crippen LogP contribution in [0.3, 0.4) is 0 Å². The molecule has 0 saturated carbocycles. The lowest BCUT2D eigenvalue weighted by molar-refractivity contribution is -0.149. The second-order valence-corrected chi connectivity index (χ2v) is 12.9. The largest absolute Gasteiger partial charge is 0.494 e. The number of benzene rings is 1. The number of ether oxygens (including phenoxy) is 3. The van der Waals surface area contributed by atoms with Crippen LogP contribution in [0.15, 0.2) is 30.8 Å². The molecule has 0 saturated heterocycles. The van der Waals surface area contributed by atoms with Crippen LogP contribution in [0.4, 0.5) is 0 Å². The highest BCUT2D eigenvalue weighted by molar-refractivity contribution is 5.69. The molecule has 0 radical (unpaired) electrons. The smallest absolute Gasteiger partial charge is 0.305 e. The third kappa shape index (κ3) is 27.0. The molecule has 0 heterocycles. The van der Waals surface area contributed by atoms with E-state index in [-0.39, 0.29) is 19.2 Å². The van der Waals surface area contributed by atoms with Gasteiger partial charge in [-0.15, -0.1) is 0 Å². The molecular weight excluding hydrogens is 560 g/mol. The van der Waals surface area contributed by atoms with Crippen LogP contribution in [0.1, 0.15) is 173 Å². The Morgan fingerprint density at radius 3 is 1.58 bits per heavy atom. The van der Waals surface area contributed by atoms with Crippen molar-refractivity contribution in [1.82, 2.24) is 0 Å². The molecule has 0 amide bonds. The predicted molar refractivity (Wildman–Crippen MR) is 191 cm³/mol. The van der Waals surface area contributed by atoms with Crippen LogP contribution >= 0.6 is 0 Å². The zero-order valence-corrected chi connectivity index (χ0v) is 29.3. The Hall–Kier alpha value is -1.85. The number of hydrogen-bond donors (Lipinski definition) is 1. The van der Waals surface area contributed by atoms with Crippen molar-refractivity contribution in [2.45, 2.75) is 174 Å². The van der Waals surface area contributed by atoms with E-state index in [0.717, 1.165) is 56.4 Å². The van der Waals surface area contributed by atoms with Gasteiger partial charge in [0, 0.05) is 13.0 Å². The highest BCUT2D eigenvalue weighted by Crippen LogP contribution is 2.16. The van der Waals surface area contributed by atoms with E-state index in [1.807, 2.05) is 30.3 Å². The Kier molecular flexibility index (Phi) is 29.4. The second-order valence-electron chi connectivity index (χ2n) is 12.9. The zero-order valence-electron chi connectivity index (χ0n) is 29.3. The van der Waals surface area contributed by atoms with Gasteiger partial charge in [-0.25, -0.2) is 0 Å². The molecule has 0 aliphatic carbocycles. The molecule has 5 nitrogen and oxygen atoms in total. The molecule has 1 N–H and O–H groups in total. The number of aliphatic hydroxyl groups excluding tert-OH is 1. The summed E-state index contributed by atoms with van der Waals surface area (Å²) in [5.41, 5.74) is 1.11. The van der Waals surface area contributed by atoms with Crippen molar-refractivity contribution < 1.29 is 24.1 Å². The summed E-state index contributed by atoms with van der Waals surface area (Å²) in [5, 5.41) is 9.58. The first-order chi connectivity index (χ1) is 22.2. The normalized spacial score (nSPS) is 11.9. The Labute approximate surface area is 277 Å². The fourth-order valence-electron chi connectivity index (χ4n) is 5.63. The summed E-state index contributed by atoms with van der Waals surface area (Å²) in [6.45, 7) is 7.47. The number of carbonyl (C=O) groups is 1. The van der Waals surface area contributed by atoms with Crippen LogP contribution in [0.25, 0.3) is 6.08 Å². The van der Waals surface area contributed by atoms with Crippen molar-refractivity contribution in [3.05, 3.63) is 36.4 Å². The summed E-state index contributed by atoms with van der Waals surface area (Å²) >= 11 is 0. The van der Waals surface area contributed by atoms with Crippen LogP contribution in [-0.2, 0) is 14.3 Å². The highest BCUT2D eigenvalue weighted by atomic mass is 16.6. The Balaban J connectivity index is 1.82. The van der Waals surface area contributed by atoms with Crippen molar-refractivity contribution in [3.63, 3.8) is 0 Å². The molecule has 1 aromatic rings. The van der Waals surface area contributed by atoms with Crippen LogP contribution in [-0.4, -0.2) is 43.6 Å². The highest BCUT2D eigenvalue weighted by Gasteiger charge is 2.11. The van der Waals surface area contributed by atoms with Crippen LogP contribution in [0.2, 0.25) is 0 Å². The fraction of sp³-hybridized carbons (Fsp3) is 0.775. The molecule has 260 valence electrons.